The molecule has 0 aromatic rings. The van der Waals surface area contributed by atoms with Gasteiger partial charge in [0.1, 0.15) is 146 Å². The van der Waals surface area contributed by atoms with Crippen molar-refractivity contribution in [3.63, 3.8) is 0 Å². The molecule has 0 aliphatic carbocycles. The molecule has 0 bridgehead atoms. The molecule has 31 heteroatoms. The average molecular weight is 993 g/mol. The highest BCUT2D eigenvalue weighted by Gasteiger charge is 2.57. The van der Waals surface area contributed by atoms with Crippen molar-refractivity contribution in [1.29, 1.82) is 0 Å². The Balaban J connectivity index is 1.22. The Morgan fingerprint density at radius 1 is 0.313 bits per heavy atom. The zero-order valence-corrected chi connectivity index (χ0v) is 35.2. The third kappa shape index (κ3) is 12.2. The summed E-state index contributed by atoms with van der Waals surface area (Å²) in [4.78, 5) is 0. The maximum atomic E-state index is 11.2. The van der Waals surface area contributed by atoms with Crippen molar-refractivity contribution in [2.45, 2.75) is 178 Å². The van der Waals surface area contributed by atoms with Crippen molar-refractivity contribution >= 4 is 0 Å². The van der Waals surface area contributed by atoms with Crippen molar-refractivity contribution in [1.82, 2.24) is 0 Å². The van der Waals surface area contributed by atoms with E-state index in [0.29, 0.717) is 0 Å². The molecule has 21 N–H and O–H groups in total. The van der Waals surface area contributed by atoms with Gasteiger partial charge in [0.25, 0.3) is 0 Å². The highest BCUT2D eigenvalue weighted by molar-refractivity contribution is 4.99. The normalized spacial score (nSPS) is 48.4. The van der Waals surface area contributed by atoms with E-state index in [1.807, 2.05) is 0 Å². The van der Waals surface area contributed by atoms with Crippen LogP contribution in [0.4, 0.5) is 0 Å². The lowest BCUT2D eigenvalue weighted by atomic mass is 9.95. The molecule has 5 aliphatic rings. The van der Waals surface area contributed by atoms with E-state index in [1.54, 1.807) is 0 Å². The Hall–Kier alpha value is -1.24. The van der Waals surface area contributed by atoms with E-state index in [2.05, 4.69) is 0 Å². The molecule has 5 rings (SSSR count). The van der Waals surface area contributed by atoms with E-state index >= 15 is 0 Å². The van der Waals surface area contributed by atoms with Gasteiger partial charge in [-0.15, -0.1) is 0 Å². The van der Waals surface area contributed by atoms with Crippen LogP contribution in [-0.4, -0.2) is 331 Å². The zero-order valence-electron chi connectivity index (χ0n) is 35.2. The van der Waals surface area contributed by atoms with Crippen LogP contribution >= 0.6 is 0 Å². The van der Waals surface area contributed by atoms with Crippen LogP contribution in [0.25, 0.3) is 0 Å². The summed E-state index contributed by atoms with van der Waals surface area (Å²) < 4.78 is 55.2. The minimum atomic E-state index is -2.19. The van der Waals surface area contributed by atoms with Crippen LogP contribution in [0.15, 0.2) is 0 Å². The number of ether oxygens (including phenoxy) is 10. The van der Waals surface area contributed by atoms with Crippen molar-refractivity contribution in [3.8, 4) is 0 Å². The molecule has 5 aliphatic heterocycles. The number of aliphatic hydroxyl groups is 21. The lowest BCUT2D eigenvalue weighted by Crippen LogP contribution is -2.68. The van der Waals surface area contributed by atoms with Gasteiger partial charge in [0, 0.05) is 0 Å². The third-order valence-electron chi connectivity index (χ3n) is 12.1. The summed E-state index contributed by atoms with van der Waals surface area (Å²) in [5.41, 5.74) is 0. The molecule has 31 nitrogen and oxygen atoms in total. The van der Waals surface area contributed by atoms with E-state index in [4.69, 9.17) is 47.4 Å². The fourth-order valence-corrected chi connectivity index (χ4v) is 8.12. The lowest BCUT2D eigenvalue weighted by Gasteiger charge is -2.49. The Morgan fingerprint density at radius 2 is 0.582 bits per heavy atom. The summed E-state index contributed by atoms with van der Waals surface area (Å²) in [6.07, 6.45) is -56.0. The van der Waals surface area contributed by atoms with Gasteiger partial charge in [-0.1, -0.05) is 0 Å². The molecule has 0 saturated carbocycles. The van der Waals surface area contributed by atoms with E-state index in [-0.39, 0.29) is 0 Å². The SMILES string of the molecule is OCC(O)C(O)C(OC1OC(CO)C(OC2OC(CO)C(OC3OC(CO)C(OC4OC(CO)C(OC5OC(CO)C(O)C(O)C5O)C(O)C4O)C(O)C3O)C(O)C2O)C(O)C1O)C(O)CO. The zero-order chi connectivity index (χ0) is 49.8. The first-order valence-electron chi connectivity index (χ1n) is 21.1. The second-order valence-corrected chi connectivity index (χ2v) is 16.5. The Bertz CT molecular complexity index is 1450. The molecule has 67 heavy (non-hydrogen) atoms. The maximum absolute atomic E-state index is 11.2. The number of hydrogen-bond donors (Lipinski definition) is 21. The summed E-state index contributed by atoms with van der Waals surface area (Å²) in [6, 6.07) is 0. The summed E-state index contributed by atoms with van der Waals surface area (Å²) in [7, 11) is 0. The van der Waals surface area contributed by atoms with Gasteiger partial charge >= 0.3 is 0 Å². The smallest absolute Gasteiger partial charge is 0.187 e. The fourth-order valence-electron chi connectivity index (χ4n) is 8.12. The standard InChI is InChI=1S/C36H64O31/c37-1-8(44)15(46)27(9(45)2-38)63-33-23(54)18(49)29(11(4-40)59-33)65-35-25(56)20(51)31(13(6-42)61-35)67-36-26(57)21(52)30(14(7-43)62-36)66-34-24(55)19(50)28(12(5-41)60-34)64-32-22(53)17(48)16(47)10(3-39)58-32/h8-57H,1-7H2. The second-order valence-electron chi connectivity index (χ2n) is 16.5. The first-order chi connectivity index (χ1) is 31.7. The quantitative estimate of drug-likeness (QED) is 0.0538. The first-order valence-corrected chi connectivity index (χ1v) is 21.1. The molecule has 394 valence electrons. The fraction of sp³-hybridized carbons (Fsp3) is 1.00. The number of rotatable bonds is 20. The van der Waals surface area contributed by atoms with Crippen LogP contribution in [-0.2, 0) is 47.4 Å². The van der Waals surface area contributed by atoms with Gasteiger partial charge in [-0.3, -0.25) is 0 Å². The van der Waals surface area contributed by atoms with Gasteiger partial charge in [-0.05, 0) is 0 Å². The molecule has 0 aromatic heterocycles. The summed E-state index contributed by atoms with van der Waals surface area (Å²) in [5, 5.41) is 218. The molecule has 5 fully saturated rings. The predicted molar refractivity (Wildman–Crippen MR) is 201 cm³/mol. The molecule has 0 amide bonds. The Kier molecular flexibility index (Phi) is 21.1. The molecule has 0 spiro atoms. The second kappa shape index (κ2) is 24.9. The van der Waals surface area contributed by atoms with Crippen LogP contribution in [0.3, 0.4) is 0 Å². The lowest BCUT2D eigenvalue weighted by molar-refractivity contribution is -0.394. The molecular weight excluding hydrogens is 928 g/mol. The number of aliphatic hydroxyl groups excluding tert-OH is 21. The highest BCUT2D eigenvalue weighted by atomic mass is 16.8. The van der Waals surface area contributed by atoms with Crippen LogP contribution < -0.4 is 0 Å². The van der Waals surface area contributed by atoms with E-state index in [0.717, 1.165) is 0 Å². The van der Waals surface area contributed by atoms with Gasteiger partial charge in [0.05, 0.1) is 46.2 Å². The Labute approximate surface area is 378 Å². The van der Waals surface area contributed by atoms with Crippen LogP contribution in [0.2, 0.25) is 0 Å². The molecule has 0 aromatic carbocycles. The monoisotopic (exact) mass is 992 g/mol. The molecular formula is C36H64O31. The van der Waals surface area contributed by atoms with E-state index in [1.165, 1.54) is 0 Å². The molecule has 29 unspecified atom stereocenters. The van der Waals surface area contributed by atoms with Crippen molar-refractivity contribution in [2.24, 2.45) is 0 Å². The van der Waals surface area contributed by atoms with Gasteiger partial charge < -0.3 is 155 Å². The average Bonchev–Trinajstić information content (AvgIpc) is 3.33. The summed E-state index contributed by atoms with van der Waals surface area (Å²) in [6.45, 7) is -6.97. The largest absolute Gasteiger partial charge is 0.394 e. The molecule has 0 radical (unpaired) electrons. The maximum Gasteiger partial charge on any atom is 0.187 e. The minimum absolute atomic E-state index is 0.833. The van der Waals surface area contributed by atoms with Crippen molar-refractivity contribution in [2.75, 3.05) is 46.2 Å². The van der Waals surface area contributed by atoms with Gasteiger partial charge in [0.2, 0.25) is 0 Å². The van der Waals surface area contributed by atoms with Crippen LogP contribution in [0.1, 0.15) is 0 Å². The molecule has 5 heterocycles. The van der Waals surface area contributed by atoms with Crippen LogP contribution in [0, 0.1) is 0 Å². The summed E-state index contributed by atoms with van der Waals surface area (Å²) in [5.74, 6) is 0. The predicted octanol–water partition coefficient (Wildman–Crippen LogP) is -14.5. The topological polar surface area (TPSA) is 517 Å². The molecule has 29 atom stereocenters. The highest BCUT2D eigenvalue weighted by Crippen LogP contribution is 2.36. The molecule has 5 saturated heterocycles. The van der Waals surface area contributed by atoms with Crippen molar-refractivity contribution < 1.29 is 155 Å². The van der Waals surface area contributed by atoms with Crippen molar-refractivity contribution in [3.05, 3.63) is 0 Å². The van der Waals surface area contributed by atoms with Gasteiger partial charge in [-0.2, -0.15) is 0 Å². The summed E-state index contributed by atoms with van der Waals surface area (Å²) >= 11 is 0. The van der Waals surface area contributed by atoms with E-state index < -0.39 is 224 Å². The minimum Gasteiger partial charge on any atom is -0.394 e. The van der Waals surface area contributed by atoms with E-state index in [9.17, 15) is 107 Å². The first kappa shape index (κ1) is 56.7. The van der Waals surface area contributed by atoms with Gasteiger partial charge in [-0.25, -0.2) is 0 Å². The van der Waals surface area contributed by atoms with Crippen LogP contribution in [0.5, 0.6) is 0 Å². The van der Waals surface area contributed by atoms with Gasteiger partial charge in [0.15, 0.2) is 31.5 Å². The Morgan fingerprint density at radius 3 is 0.881 bits per heavy atom. The number of hydrogen-bond acceptors (Lipinski definition) is 31. The third-order valence-corrected chi connectivity index (χ3v) is 12.1.